The first-order chi connectivity index (χ1) is 9.45. The molecule has 0 bridgehead atoms. The molecular formula is C14H12F3N3. The average molecular weight is 279 g/mol. The number of alkyl halides is 3. The molecule has 104 valence electrons. The number of nitrogens with one attached hydrogen (secondary N) is 1. The van der Waals surface area contributed by atoms with Gasteiger partial charge in [0, 0.05) is 18.0 Å². The first kappa shape index (κ1) is 14.0. The maximum Gasteiger partial charge on any atom is 0.416 e. The minimum absolute atomic E-state index is 0.334. The molecule has 0 fully saturated rings. The van der Waals surface area contributed by atoms with Crippen molar-refractivity contribution in [2.75, 3.05) is 0 Å². The van der Waals surface area contributed by atoms with Crippen LogP contribution in [0.1, 0.15) is 18.3 Å². The van der Waals surface area contributed by atoms with Gasteiger partial charge in [-0.3, -0.25) is 4.99 Å². The minimum Gasteiger partial charge on any atom is -0.338 e. The zero-order chi connectivity index (χ0) is 14.8. The predicted octanol–water partition coefficient (Wildman–Crippen LogP) is 4.20. The molecule has 0 aliphatic rings. The third kappa shape index (κ3) is 2.79. The number of fused-ring (bicyclic) bond motifs is 1. The van der Waals surface area contributed by atoms with Crippen molar-refractivity contribution < 1.29 is 13.2 Å². The first-order valence-electron chi connectivity index (χ1n) is 5.83. The number of aromatic amines is 1. The van der Waals surface area contributed by atoms with Gasteiger partial charge in [0.15, 0.2) is 0 Å². The van der Waals surface area contributed by atoms with Crippen LogP contribution in [-0.2, 0) is 6.18 Å². The number of allylic oxidation sites excluding steroid dienone is 2. The Morgan fingerprint density at radius 3 is 2.75 bits per heavy atom. The van der Waals surface area contributed by atoms with E-state index in [1.807, 2.05) is 0 Å². The van der Waals surface area contributed by atoms with Gasteiger partial charge in [0.2, 0.25) is 0 Å². The zero-order valence-electron chi connectivity index (χ0n) is 10.7. The van der Waals surface area contributed by atoms with Gasteiger partial charge in [-0.25, -0.2) is 4.98 Å². The molecule has 3 nitrogen and oxygen atoms in total. The predicted molar refractivity (Wildman–Crippen MR) is 73.4 cm³/mol. The fourth-order valence-electron chi connectivity index (χ4n) is 1.73. The van der Waals surface area contributed by atoms with Crippen LogP contribution in [-0.4, -0.2) is 16.2 Å². The Kier molecular flexibility index (Phi) is 3.74. The molecule has 0 amide bonds. The van der Waals surface area contributed by atoms with Crippen LogP contribution in [0.2, 0.25) is 0 Å². The summed E-state index contributed by atoms with van der Waals surface area (Å²) in [6, 6.07) is 3.40. The number of benzene rings is 1. The SMILES string of the molecule is C=CN=C/C(=C\C)c1nc2ccc(C(F)(F)F)cc2[nH]1. The highest BCUT2D eigenvalue weighted by Gasteiger charge is 2.30. The summed E-state index contributed by atoms with van der Waals surface area (Å²) in [6.45, 7) is 5.25. The lowest BCUT2D eigenvalue weighted by Gasteiger charge is -2.05. The van der Waals surface area contributed by atoms with Gasteiger partial charge in [0.1, 0.15) is 5.82 Å². The maximum atomic E-state index is 12.6. The van der Waals surface area contributed by atoms with Gasteiger partial charge in [0.25, 0.3) is 0 Å². The molecule has 0 aliphatic carbocycles. The molecule has 1 aromatic carbocycles. The Balaban J connectivity index is 2.48. The van der Waals surface area contributed by atoms with E-state index < -0.39 is 11.7 Å². The molecule has 6 heteroatoms. The second-order valence-electron chi connectivity index (χ2n) is 4.02. The van der Waals surface area contributed by atoms with Crippen LogP contribution >= 0.6 is 0 Å². The van der Waals surface area contributed by atoms with Crippen molar-refractivity contribution in [3.8, 4) is 0 Å². The van der Waals surface area contributed by atoms with E-state index >= 15 is 0 Å². The highest BCUT2D eigenvalue weighted by atomic mass is 19.4. The van der Waals surface area contributed by atoms with E-state index in [1.165, 1.54) is 18.5 Å². The third-order valence-corrected chi connectivity index (χ3v) is 2.71. The van der Waals surface area contributed by atoms with Crippen molar-refractivity contribution in [2.45, 2.75) is 13.1 Å². The molecule has 0 saturated heterocycles. The molecule has 0 atom stereocenters. The zero-order valence-corrected chi connectivity index (χ0v) is 10.7. The van der Waals surface area contributed by atoms with Crippen LogP contribution in [0.25, 0.3) is 16.6 Å². The van der Waals surface area contributed by atoms with E-state index in [4.69, 9.17) is 0 Å². The Bertz CT molecular complexity index is 693. The fourth-order valence-corrected chi connectivity index (χ4v) is 1.73. The standard InChI is InChI=1S/C14H12F3N3/c1-3-9(8-18-4-2)13-19-11-6-5-10(14(15,16)17)7-12(11)20-13/h3-8H,2H2,1H3,(H,19,20)/b9-3+,18-8?. The number of rotatable bonds is 3. The first-order valence-corrected chi connectivity index (χ1v) is 5.83. The lowest BCUT2D eigenvalue weighted by atomic mass is 10.2. The number of H-pyrrole nitrogens is 1. The van der Waals surface area contributed by atoms with Crippen LogP contribution in [0.4, 0.5) is 13.2 Å². The summed E-state index contributed by atoms with van der Waals surface area (Å²) in [7, 11) is 0. The van der Waals surface area contributed by atoms with E-state index in [2.05, 4.69) is 21.5 Å². The van der Waals surface area contributed by atoms with Crippen LogP contribution < -0.4 is 0 Å². The van der Waals surface area contributed by atoms with Gasteiger partial charge in [-0.15, -0.1) is 0 Å². The van der Waals surface area contributed by atoms with Crippen molar-refractivity contribution in [1.82, 2.24) is 9.97 Å². The van der Waals surface area contributed by atoms with E-state index in [0.717, 1.165) is 12.1 Å². The largest absolute Gasteiger partial charge is 0.416 e. The molecule has 0 unspecified atom stereocenters. The van der Waals surface area contributed by atoms with Crippen LogP contribution in [0.15, 0.2) is 42.0 Å². The number of imidazole rings is 1. The van der Waals surface area contributed by atoms with E-state index in [9.17, 15) is 13.2 Å². The molecule has 2 aromatic rings. The number of nitrogens with zero attached hydrogens (tertiary/aromatic N) is 2. The van der Waals surface area contributed by atoms with Crippen molar-refractivity contribution in [3.63, 3.8) is 0 Å². The normalized spacial score (nSPS) is 13.3. The molecule has 20 heavy (non-hydrogen) atoms. The second-order valence-corrected chi connectivity index (χ2v) is 4.02. The quantitative estimate of drug-likeness (QED) is 0.840. The van der Waals surface area contributed by atoms with Gasteiger partial charge in [0.05, 0.1) is 16.6 Å². The number of hydrogen-bond donors (Lipinski definition) is 1. The van der Waals surface area contributed by atoms with Crippen LogP contribution in [0.5, 0.6) is 0 Å². The molecule has 2 rings (SSSR count). The van der Waals surface area contributed by atoms with Crippen molar-refractivity contribution in [1.29, 1.82) is 0 Å². The van der Waals surface area contributed by atoms with Crippen LogP contribution in [0, 0.1) is 0 Å². The number of halogens is 3. The smallest absolute Gasteiger partial charge is 0.338 e. The minimum atomic E-state index is -4.37. The molecule has 1 aromatic heterocycles. The average Bonchev–Trinajstić information content (AvgIpc) is 2.81. The maximum absolute atomic E-state index is 12.6. The molecule has 0 radical (unpaired) electrons. The summed E-state index contributed by atoms with van der Waals surface area (Å²) in [6.07, 6.45) is 0.297. The molecule has 0 aliphatic heterocycles. The Morgan fingerprint density at radius 2 is 2.15 bits per heavy atom. The Morgan fingerprint density at radius 1 is 1.40 bits per heavy atom. The van der Waals surface area contributed by atoms with E-state index in [1.54, 1.807) is 13.0 Å². The molecule has 0 saturated carbocycles. The number of aromatic nitrogens is 2. The van der Waals surface area contributed by atoms with Gasteiger partial charge in [-0.05, 0) is 25.1 Å². The lowest BCUT2D eigenvalue weighted by Crippen LogP contribution is -2.04. The molecule has 1 heterocycles. The molecular weight excluding hydrogens is 267 g/mol. The summed E-state index contributed by atoms with van der Waals surface area (Å²) in [5, 5.41) is 0. The summed E-state index contributed by atoms with van der Waals surface area (Å²) in [5.41, 5.74) is 0.775. The highest BCUT2D eigenvalue weighted by molar-refractivity contribution is 6.09. The van der Waals surface area contributed by atoms with Crippen molar-refractivity contribution in [2.24, 2.45) is 4.99 Å². The van der Waals surface area contributed by atoms with Gasteiger partial charge in [-0.1, -0.05) is 12.7 Å². The second kappa shape index (κ2) is 5.32. The number of hydrogen-bond acceptors (Lipinski definition) is 2. The van der Waals surface area contributed by atoms with Gasteiger partial charge >= 0.3 is 6.18 Å². The van der Waals surface area contributed by atoms with Gasteiger partial charge in [-0.2, -0.15) is 13.2 Å². The Labute approximate surface area is 113 Å². The van der Waals surface area contributed by atoms with Crippen molar-refractivity contribution >= 4 is 22.8 Å². The fraction of sp³-hybridized carbons (Fsp3) is 0.143. The van der Waals surface area contributed by atoms with Gasteiger partial charge < -0.3 is 4.98 Å². The lowest BCUT2D eigenvalue weighted by molar-refractivity contribution is -0.137. The summed E-state index contributed by atoms with van der Waals surface area (Å²) >= 11 is 0. The topological polar surface area (TPSA) is 41.0 Å². The Hall–Kier alpha value is -2.37. The van der Waals surface area contributed by atoms with E-state index in [0.29, 0.717) is 22.4 Å². The number of aliphatic imine (C=N–C) groups is 1. The summed E-state index contributed by atoms with van der Waals surface area (Å²) in [4.78, 5) is 11.0. The molecule has 1 N–H and O–H groups in total. The molecule has 0 spiro atoms. The van der Waals surface area contributed by atoms with Crippen LogP contribution in [0.3, 0.4) is 0 Å². The monoisotopic (exact) mass is 279 g/mol. The highest BCUT2D eigenvalue weighted by Crippen LogP contribution is 2.31. The van der Waals surface area contributed by atoms with Crippen molar-refractivity contribution in [3.05, 3.63) is 48.4 Å². The summed E-state index contributed by atoms with van der Waals surface area (Å²) < 4.78 is 37.9. The van der Waals surface area contributed by atoms with E-state index in [-0.39, 0.29) is 0 Å². The summed E-state index contributed by atoms with van der Waals surface area (Å²) in [5.74, 6) is 0.465. The third-order valence-electron chi connectivity index (χ3n) is 2.71.